The third kappa shape index (κ3) is 3.40. The molecule has 2 aromatic rings. The van der Waals surface area contributed by atoms with Gasteiger partial charge in [-0.15, -0.1) is 0 Å². The molecule has 2 heterocycles. The highest BCUT2D eigenvalue weighted by Crippen LogP contribution is 2.33. The summed E-state index contributed by atoms with van der Waals surface area (Å²) in [6.45, 7) is 1.37. The summed E-state index contributed by atoms with van der Waals surface area (Å²) in [5.74, 6) is -0.221. The summed E-state index contributed by atoms with van der Waals surface area (Å²) in [7, 11) is 0. The van der Waals surface area contributed by atoms with Crippen LogP contribution in [-0.4, -0.2) is 39.1 Å². The number of carbonyl (C=O) groups excluding carboxylic acids is 3. The number of nitrogens with zero attached hydrogens (tertiary/aromatic N) is 3. The molecule has 1 saturated heterocycles. The first-order valence-electron chi connectivity index (χ1n) is 11.1. The number of urea groups is 1. The molecule has 1 aromatic heterocycles. The minimum atomic E-state index is -1.17. The van der Waals surface area contributed by atoms with E-state index in [1.807, 2.05) is 22.9 Å². The molecule has 0 spiro atoms. The lowest BCUT2D eigenvalue weighted by atomic mass is 9.89. The third-order valence-corrected chi connectivity index (χ3v) is 6.86. The number of carbonyl (C=O) groups is 3. The summed E-state index contributed by atoms with van der Waals surface area (Å²) in [5.41, 5.74) is 2.13. The Bertz CT molecular complexity index is 1060. The van der Waals surface area contributed by atoms with Crippen molar-refractivity contribution in [2.45, 2.75) is 63.5 Å². The van der Waals surface area contributed by atoms with Crippen LogP contribution in [-0.2, 0) is 28.0 Å². The van der Waals surface area contributed by atoms with E-state index in [0.717, 1.165) is 55.4 Å². The van der Waals surface area contributed by atoms with Crippen LogP contribution >= 0.6 is 0 Å². The molecule has 2 aliphatic carbocycles. The number of aryl methyl sites for hydroxylation is 2. The lowest BCUT2D eigenvalue weighted by molar-refractivity contribution is -0.133. The molecule has 8 heteroatoms. The zero-order valence-corrected chi connectivity index (χ0v) is 17.7. The van der Waals surface area contributed by atoms with E-state index in [1.165, 1.54) is 11.1 Å². The molecule has 2 fully saturated rings. The maximum Gasteiger partial charge on any atom is 0.325 e. The van der Waals surface area contributed by atoms with Crippen LogP contribution in [0.2, 0.25) is 0 Å². The Labute approximate surface area is 181 Å². The van der Waals surface area contributed by atoms with Gasteiger partial charge in [0.15, 0.2) is 0 Å². The molecular weight excluding hydrogens is 394 g/mol. The van der Waals surface area contributed by atoms with Crippen LogP contribution in [0.1, 0.15) is 61.8 Å². The lowest BCUT2D eigenvalue weighted by Crippen LogP contribution is -2.42. The SMILES string of the molecule is CC1(c2ccc3c(c2)CCC3)NC(=O)N(CC(=O)Nc2ccnn2C2CCCC2)C1=O. The van der Waals surface area contributed by atoms with E-state index in [-0.39, 0.29) is 12.6 Å². The Morgan fingerprint density at radius 1 is 1.16 bits per heavy atom. The molecule has 1 unspecified atom stereocenters. The maximum atomic E-state index is 13.2. The van der Waals surface area contributed by atoms with Crippen LogP contribution in [0.15, 0.2) is 30.5 Å². The van der Waals surface area contributed by atoms with E-state index in [1.54, 1.807) is 19.2 Å². The molecule has 1 saturated carbocycles. The Kier molecular flexibility index (Phi) is 4.79. The van der Waals surface area contributed by atoms with Gasteiger partial charge in [-0.1, -0.05) is 31.0 Å². The number of imide groups is 1. The van der Waals surface area contributed by atoms with Crippen molar-refractivity contribution in [3.05, 3.63) is 47.2 Å². The fourth-order valence-corrected chi connectivity index (χ4v) is 5.10. The molecule has 2 N–H and O–H groups in total. The third-order valence-electron chi connectivity index (χ3n) is 6.86. The smallest absolute Gasteiger partial charge is 0.319 e. The van der Waals surface area contributed by atoms with Crippen LogP contribution in [0.4, 0.5) is 10.6 Å². The fraction of sp³-hybridized carbons (Fsp3) is 0.478. The van der Waals surface area contributed by atoms with Gasteiger partial charge >= 0.3 is 6.03 Å². The van der Waals surface area contributed by atoms with Crippen LogP contribution in [0, 0.1) is 0 Å². The Morgan fingerprint density at radius 3 is 2.74 bits per heavy atom. The largest absolute Gasteiger partial charge is 0.325 e. The summed E-state index contributed by atoms with van der Waals surface area (Å²) in [4.78, 5) is 39.5. The molecule has 31 heavy (non-hydrogen) atoms. The van der Waals surface area contributed by atoms with Crippen LogP contribution in [0.3, 0.4) is 0 Å². The number of benzene rings is 1. The van der Waals surface area contributed by atoms with Gasteiger partial charge in [0.05, 0.1) is 12.2 Å². The predicted octanol–water partition coefficient (Wildman–Crippen LogP) is 2.89. The van der Waals surface area contributed by atoms with E-state index in [0.29, 0.717) is 5.82 Å². The first-order valence-corrected chi connectivity index (χ1v) is 11.1. The minimum absolute atomic E-state index is 0.283. The van der Waals surface area contributed by atoms with Gasteiger partial charge in [0.1, 0.15) is 17.9 Å². The topological polar surface area (TPSA) is 96.3 Å². The molecule has 3 aliphatic rings. The van der Waals surface area contributed by atoms with Gasteiger partial charge < -0.3 is 10.6 Å². The fourth-order valence-electron chi connectivity index (χ4n) is 5.10. The van der Waals surface area contributed by atoms with E-state index in [4.69, 9.17) is 0 Å². The monoisotopic (exact) mass is 421 g/mol. The molecule has 1 aromatic carbocycles. The van der Waals surface area contributed by atoms with Gasteiger partial charge in [0.25, 0.3) is 5.91 Å². The van der Waals surface area contributed by atoms with Crippen molar-refractivity contribution in [3.63, 3.8) is 0 Å². The van der Waals surface area contributed by atoms with Gasteiger partial charge in [-0.25, -0.2) is 9.48 Å². The van der Waals surface area contributed by atoms with E-state index < -0.39 is 23.4 Å². The van der Waals surface area contributed by atoms with Crippen molar-refractivity contribution >= 4 is 23.7 Å². The van der Waals surface area contributed by atoms with E-state index in [2.05, 4.69) is 15.7 Å². The summed E-state index contributed by atoms with van der Waals surface area (Å²) < 4.78 is 1.84. The summed E-state index contributed by atoms with van der Waals surface area (Å²) >= 11 is 0. The minimum Gasteiger partial charge on any atom is -0.319 e. The summed E-state index contributed by atoms with van der Waals surface area (Å²) in [6.07, 6.45) is 9.20. The molecular formula is C23H27N5O3. The number of amides is 4. The maximum absolute atomic E-state index is 13.2. The van der Waals surface area contributed by atoms with Gasteiger partial charge in [-0.3, -0.25) is 14.5 Å². The number of nitrogens with one attached hydrogen (secondary N) is 2. The number of hydrogen-bond acceptors (Lipinski definition) is 4. The molecule has 5 rings (SSSR count). The van der Waals surface area contributed by atoms with Crippen molar-refractivity contribution in [2.24, 2.45) is 0 Å². The zero-order valence-electron chi connectivity index (χ0n) is 17.7. The number of hydrogen-bond donors (Lipinski definition) is 2. The Morgan fingerprint density at radius 2 is 1.94 bits per heavy atom. The van der Waals surface area contributed by atoms with Crippen molar-refractivity contribution in [3.8, 4) is 0 Å². The standard InChI is InChI=1S/C23H27N5O3/c1-23(17-10-9-15-5-4-6-16(15)13-17)21(30)27(22(31)26-23)14-20(29)25-19-11-12-24-28(19)18-7-2-3-8-18/h9-13,18H,2-8,14H2,1H3,(H,25,29)(H,26,31). The quantitative estimate of drug-likeness (QED) is 0.726. The van der Waals surface area contributed by atoms with Crippen molar-refractivity contribution in [1.29, 1.82) is 0 Å². The van der Waals surface area contributed by atoms with Gasteiger partial charge in [-0.05, 0) is 55.7 Å². The van der Waals surface area contributed by atoms with E-state index in [9.17, 15) is 14.4 Å². The zero-order chi connectivity index (χ0) is 21.6. The lowest BCUT2D eigenvalue weighted by Gasteiger charge is -2.23. The molecule has 0 bridgehead atoms. The van der Waals surface area contributed by atoms with Crippen molar-refractivity contribution < 1.29 is 14.4 Å². The van der Waals surface area contributed by atoms with Gasteiger partial charge in [-0.2, -0.15) is 5.10 Å². The first-order chi connectivity index (χ1) is 15.0. The van der Waals surface area contributed by atoms with Gasteiger partial charge in [0, 0.05) is 6.07 Å². The van der Waals surface area contributed by atoms with E-state index >= 15 is 0 Å². The Hall–Kier alpha value is -3.16. The predicted molar refractivity (Wildman–Crippen MR) is 114 cm³/mol. The summed E-state index contributed by atoms with van der Waals surface area (Å²) in [5, 5.41) is 9.97. The van der Waals surface area contributed by atoms with Crippen LogP contribution < -0.4 is 10.6 Å². The number of aromatic nitrogens is 2. The Balaban J connectivity index is 1.30. The molecule has 4 amide bonds. The van der Waals surface area contributed by atoms with Crippen LogP contribution in [0.5, 0.6) is 0 Å². The van der Waals surface area contributed by atoms with Crippen molar-refractivity contribution in [1.82, 2.24) is 20.0 Å². The second-order valence-corrected chi connectivity index (χ2v) is 8.93. The molecule has 8 nitrogen and oxygen atoms in total. The molecule has 1 atom stereocenters. The van der Waals surface area contributed by atoms with Crippen LogP contribution in [0.25, 0.3) is 0 Å². The average molecular weight is 422 g/mol. The van der Waals surface area contributed by atoms with Crippen molar-refractivity contribution in [2.75, 3.05) is 11.9 Å². The average Bonchev–Trinajstić information content (AvgIpc) is 3.53. The number of anilines is 1. The molecule has 0 radical (unpaired) electrons. The highest BCUT2D eigenvalue weighted by molar-refractivity contribution is 6.10. The summed E-state index contributed by atoms with van der Waals surface area (Å²) in [6, 6.07) is 7.45. The highest BCUT2D eigenvalue weighted by atomic mass is 16.2. The molecule has 1 aliphatic heterocycles. The second-order valence-electron chi connectivity index (χ2n) is 8.93. The highest BCUT2D eigenvalue weighted by Gasteiger charge is 2.49. The first kappa shape index (κ1) is 19.8. The molecule has 162 valence electrons. The second kappa shape index (κ2) is 7.51. The number of rotatable bonds is 5. The van der Waals surface area contributed by atoms with Gasteiger partial charge in [0.2, 0.25) is 5.91 Å². The normalized spacial score (nSPS) is 23.3. The number of fused-ring (bicyclic) bond motifs is 1.